The van der Waals surface area contributed by atoms with Gasteiger partial charge in [0.1, 0.15) is 0 Å². The van der Waals surface area contributed by atoms with E-state index in [9.17, 15) is 29.4 Å². The second-order valence-corrected chi connectivity index (χ2v) is 2.81. The Kier molecular flexibility index (Phi) is 13.9. The molecule has 0 saturated carbocycles. The van der Waals surface area contributed by atoms with Crippen LogP contribution in [0.2, 0.25) is 0 Å². The molecule has 0 aromatic heterocycles. The first-order valence-corrected chi connectivity index (χ1v) is 4.31. The van der Waals surface area contributed by atoms with E-state index in [1.165, 1.54) is 0 Å². The van der Waals surface area contributed by atoms with Crippen LogP contribution < -0.4 is 10.2 Å². The average molecular weight is 290 g/mol. The fourth-order valence-corrected chi connectivity index (χ4v) is 0.474. The van der Waals surface area contributed by atoms with Crippen LogP contribution in [0.15, 0.2) is 0 Å². The first kappa shape index (κ1) is 22.7. The molecule has 0 fully saturated rings. The van der Waals surface area contributed by atoms with Crippen molar-refractivity contribution in [2.75, 3.05) is 0 Å². The summed E-state index contributed by atoms with van der Waals surface area (Å²) in [6.45, 7) is 0. The van der Waals surface area contributed by atoms with Crippen molar-refractivity contribution in [3.05, 3.63) is 0 Å². The molecule has 104 valence electrons. The predicted molar refractivity (Wildman–Crippen MR) is 52.3 cm³/mol. The summed E-state index contributed by atoms with van der Waals surface area (Å²) in [6, 6.07) is 0. The van der Waals surface area contributed by atoms with Crippen LogP contribution >= 0.6 is 0 Å². The van der Waals surface area contributed by atoms with E-state index in [-0.39, 0.29) is 23.1 Å². The molecule has 0 aliphatic carbocycles. The Morgan fingerprint density at radius 3 is 1.11 bits per heavy atom. The number of carbonyl (C=O) groups is 4. The summed E-state index contributed by atoms with van der Waals surface area (Å²) in [7, 11) is 0. The van der Waals surface area contributed by atoms with Crippen LogP contribution in [0.25, 0.3) is 0 Å². The summed E-state index contributed by atoms with van der Waals surface area (Å²) in [5.74, 6) is -6.27. The zero-order valence-corrected chi connectivity index (χ0v) is 10.9. The monoisotopic (exact) mass is 290 g/mol. The topological polar surface area (TPSA) is 195 Å². The van der Waals surface area contributed by atoms with Crippen LogP contribution in [-0.4, -0.2) is 79.6 Å². The molecule has 0 aliphatic rings. The van der Waals surface area contributed by atoms with Gasteiger partial charge in [0.25, 0.3) is 0 Å². The summed E-state index contributed by atoms with van der Waals surface area (Å²) >= 11 is 0. The van der Waals surface area contributed by atoms with Gasteiger partial charge in [-0.05, 0) is 12.8 Å². The molecule has 0 rings (SSSR count). The smallest absolute Gasteiger partial charge is 0.550 e. The second kappa shape index (κ2) is 11.6. The number of carboxylic acids is 4. The van der Waals surface area contributed by atoms with Crippen molar-refractivity contribution in [2.24, 2.45) is 0 Å². The molecular formula is C8H10MgO10. The van der Waals surface area contributed by atoms with Crippen LogP contribution in [0.1, 0.15) is 12.8 Å². The molecule has 11 heteroatoms. The van der Waals surface area contributed by atoms with Gasteiger partial charge in [0, 0.05) is 11.9 Å². The Morgan fingerprint density at radius 1 is 0.789 bits per heavy atom. The number of aliphatic carboxylic acids is 4. The predicted octanol–water partition coefficient (Wildman–Crippen LogP) is -5.24. The van der Waals surface area contributed by atoms with Crippen LogP contribution in [0.3, 0.4) is 0 Å². The fourth-order valence-electron chi connectivity index (χ4n) is 0.474. The quantitative estimate of drug-likeness (QED) is 0.343. The van der Waals surface area contributed by atoms with Gasteiger partial charge in [0.05, 0.1) is 0 Å². The van der Waals surface area contributed by atoms with Crippen LogP contribution in [0.5, 0.6) is 0 Å². The maximum atomic E-state index is 9.77. The van der Waals surface area contributed by atoms with E-state index < -0.39 is 48.9 Å². The van der Waals surface area contributed by atoms with Crippen LogP contribution in [-0.2, 0) is 19.2 Å². The number of hydrogen-bond donors (Lipinski definition) is 4. The van der Waals surface area contributed by atoms with Gasteiger partial charge in [0.2, 0.25) is 0 Å². The van der Waals surface area contributed by atoms with E-state index in [2.05, 4.69) is 0 Å². The van der Waals surface area contributed by atoms with Crippen molar-refractivity contribution < 1.29 is 49.8 Å². The third-order valence-corrected chi connectivity index (χ3v) is 1.34. The number of rotatable bonds is 6. The molecule has 19 heavy (non-hydrogen) atoms. The molecule has 0 aromatic rings. The van der Waals surface area contributed by atoms with Crippen molar-refractivity contribution in [3.63, 3.8) is 0 Å². The van der Waals surface area contributed by atoms with E-state index in [4.69, 9.17) is 20.4 Å². The Balaban J connectivity index is -0.000000262. The number of aliphatic hydroxyl groups is 2. The van der Waals surface area contributed by atoms with Crippen molar-refractivity contribution in [1.82, 2.24) is 0 Å². The Hall–Kier alpha value is -1.43. The minimum absolute atomic E-state index is 0. The first-order valence-electron chi connectivity index (χ1n) is 4.31. The van der Waals surface area contributed by atoms with Crippen LogP contribution in [0.4, 0.5) is 0 Å². The van der Waals surface area contributed by atoms with Crippen molar-refractivity contribution in [3.8, 4) is 0 Å². The number of hydrogen-bond acceptors (Lipinski definition) is 8. The van der Waals surface area contributed by atoms with Crippen LogP contribution in [0, 0.1) is 0 Å². The van der Waals surface area contributed by atoms with Gasteiger partial charge in [-0.2, -0.15) is 0 Å². The maximum Gasteiger partial charge on any atom is 2.00 e. The summed E-state index contributed by atoms with van der Waals surface area (Å²) in [6.07, 6.45) is -5.47. The molecule has 0 radical (unpaired) electrons. The van der Waals surface area contributed by atoms with Gasteiger partial charge in [-0.25, -0.2) is 9.59 Å². The largest absolute Gasteiger partial charge is 2.00 e. The van der Waals surface area contributed by atoms with Gasteiger partial charge >= 0.3 is 35.0 Å². The molecule has 0 spiro atoms. The SMILES string of the molecule is O=C(O)C(O)C(O)C(=O)O.O=C([O-])CCC(=O)[O-].[Mg+2]. The van der Waals surface area contributed by atoms with E-state index in [0.717, 1.165) is 0 Å². The minimum atomic E-state index is -2.27. The molecule has 2 unspecified atom stereocenters. The third kappa shape index (κ3) is 14.5. The Morgan fingerprint density at radius 2 is 1.00 bits per heavy atom. The van der Waals surface area contributed by atoms with E-state index in [1.807, 2.05) is 0 Å². The molecule has 0 saturated heterocycles. The van der Waals surface area contributed by atoms with Gasteiger partial charge in [0.15, 0.2) is 12.2 Å². The molecule has 0 amide bonds. The third-order valence-electron chi connectivity index (χ3n) is 1.34. The summed E-state index contributed by atoms with van der Waals surface area (Å²) in [4.78, 5) is 38.5. The summed E-state index contributed by atoms with van der Waals surface area (Å²) < 4.78 is 0. The summed E-state index contributed by atoms with van der Waals surface area (Å²) in [5, 5.41) is 51.5. The Bertz CT molecular complexity index is 295. The number of carboxylic acid groups (broad SMARTS) is 4. The number of aliphatic hydroxyl groups excluding tert-OH is 2. The van der Waals surface area contributed by atoms with Gasteiger partial charge in [-0.15, -0.1) is 0 Å². The summed E-state index contributed by atoms with van der Waals surface area (Å²) in [5.41, 5.74) is 0. The second-order valence-electron chi connectivity index (χ2n) is 2.81. The van der Waals surface area contributed by atoms with Gasteiger partial charge in [-0.1, -0.05) is 0 Å². The molecule has 0 aromatic carbocycles. The molecule has 0 bridgehead atoms. The van der Waals surface area contributed by atoms with E-state index >= 15 is 0 Å². The first-order chi connectivity index (χ1) is 8.09. The zero-order chi connectivity index (χ0) is 14.9. The normalized spacial score (nSPS) is 11.9. The molecule has 0 aliphatic heterocycles. The van der Waals surface area contributed by atoms with Gasteiger partial charge in [-0.3, -0.25) is 0 Å². The number of carbonyl (C=O) groups excluding carboxylic acids is 2. The Labute approximate surface area is 122 Å². The standard InChI is InChI=1S/C4H6O6.C4H6O4.Mg/c5-1(3(7)8)2(6)4(9)10;5-3(6)1-2-4(7)8;/h1-2,5-6H,(H,7,8)(H,9,10);1-2H2,(H,5,6)(H,7,8);/q;;+2/p-2. The average Bonchev–Trinajstić information content (AvgIpc) is 2.24. The molecule has 10 nitrogen and oxygen atoms in total. The molecule has 2 atom stereocenters. The van der Waals surface area contributed by atoms with Gasteiger partial charge < -0.3 is 40.2 Å². The minimum Gasteiger partial charge on any atom is -0.550 e. The van der Waals surface area contributed by atoms with Crippen molar-refractivity contribution in [2.45, 2.75) is 25.0 Å². The molecule has 0 heterocycles. The zero-order valence-electron chi connectivity index (χ0n) is 9.51. The van der Waals surface area contributed by atoms with Crippen molar-refractivity contribution in [1.29, 1.82) is 0 Å². The van der Waals surface area contributed by atoms with Crippen molar-refractivity contribution >= 4 is 46.9 Å². The molecular weight excluding hydrogens is 280 g/mol. The maximum absolute atomic E-state index is 9.77. The fraction of sp³-hybridized carbons (Fsp3) is 0.500. The molecule has 4 N–H and O–H groups in total. The van der Waals surface area contributed by atoms with E-state index in [1.54, 1.807) is 0 Å². The van der Waals surface area contributed by atoms with E-state index in [0.29, 0.717) is 0 Å².